The smallest absolute Gasteiger partial charge is 0.326 e. The number of benzene rings is 2. The minimum atomic E-state index is -1.54. The number of phenolic OH excluding ortho intramolecular Hbond substituents is 1. The van der Waals surface area contributed by atoms with Crippen molar-refractivity contribution in [1.82, 2.24) is 16.0 Å². The maximum Gasteiger partial charge on any atom is 0.326 e. The predicted molar refractivity (Wildman–Crippen MR) is 145 cm³/mol. The van der Waals surface area contributed by atoms with Crippen molar-refractivity contribution in [2.75, 3.05) is 0 Å². The summed E-state index contributed by atoms with van der Waals surface area (Å²) in [4.78, 5) is 62.2. The molecule has 0 radical (unpaired) electrons. The third-order valence-electron chi connectivity index (χ3n) is 5.98. The highest BCUT2D eigenvalue weighted by Crippen LogP contribution is 2.12. The van der Waals surface area contributed by atoms with Gasteiger partial charge in [0.1, 0.15) is 23.9 Å². The van der Waals surface area contributed by atoms with E-state index in [1.165, 1.54) is 12.1 Å². The third kappa shape index (κ3) is 10.7. The zero-order valence-electron chi connectivity index (χ0n) is 22.4. The zero-order chi connectivity index (χ0) is 29.8. The molecular weight excluding hydrogens is 520 g/mol. The molecule has 4 unspecified atom stereocenters. The van der Waals surface area contributed by atoms with Gasteiger partial charge in [-0.25, -0.2) is 4.79 Å². The first-order valence-corrected chi connectivity index (χ1v) is 12.8. The van der Waals surface area contributed by atoms with Crippen molar-refractivity contribution in [3.05, 3.63) is 65.7 Å². The average molecular weight is 557 g/mol. The fraction of sp³-hybridized carbons (Fsp3) is 0.393. The molecule has 0 saturated heterocycles. The molecule has 0 fully saturated rings. The SMILES string of the molecule is CC(C)CC(NC(=O)C(CC(=O)O)NC(=O)C(N)Cc1ccc(O)cc1)C(=O)NC(Cc1ccccc1)C(=O)O. The van der Waals surface area contributed by atoms with Crippen LogP contribution in [0.5, 0.6) is 5.75 Å². The van der Waals surface area contributed by atoms with Crippen molar-refractivity contribution in [1.29, 1.82) is 0 Å². The second kappa shape index (κ2) is 15.2. The summed E-state index contributed by atoms with van der Waals surface area (Å²) in [5.41, 5.74) is 7.28. The van der Waals surface area contributed by atoms with Crippen molar-refractivity contribution < 1.29 is 39.3 Å². The molecule has 2 rings (SSSR count). The third-order valence-corrected chi connectivity index (χ3v) is 5.98. The van der Waals surface area contributed by atoms with E-state index in [-0.39, 0.29) is 30.9 Å². The van der Waals surface area contributed by atoms with Crippen molar-refractivity contribution in [3.8, 4) is 5.75 Å². The van der Waals surface area contributed by atoms with Gasteiger partial charge in [-0.3, -0.25) is 19.2 Å². The molecule has 0 heterocycles. The number of nitrogens with two attached hydrogens (primary N) is 1. The lowest BCUT2D eigenvalue weighted by Gasteiger charge is -2.25. The molecule has 2 aromatic rings. The van der Waals surface area contributed by atoms with Crippen molar-refractivity contribution >= 4 is 29.7 Å². The highest BCUT2D eigenvalue weighted by atomic mass is 16.4. The molecular formula is C28H36N4O8. The Bertz CT molecular complexity index is 1170. The van der Waals surface area contributed by atoms with Gasteiger partial charge in [0.15, 0.2) is 0 Å². The summed E-state index contributed by atoms with van der Waals surface area (Å²) < 4.78 is 0. The number of hydrogen-bond donors (Lipinski definition) is 7. The highest BCUT2D eigenvalue weighted by Gasteiger charge is 2.32. The van der Waals surface area contributed by atoms with E-state index in [1.807, 2.05) is 0 Å². The van der Waals surface area contributed by atoms with E-state index in [0.29, 0.717) is 11.1 Å². The number of aromatic hydroxyl groups is 1. The lowest BCUT2D eigenvalue weighted by molar-refractivity contribution is -0.143. The van der Waals surface area contributed by atoms with Gasteiger partial charge in [-0.1, -0.05) is 56.3 Å². The van der Waals surface area contributed by atoms with Gasteiger partial charge < -0.3 is 37.0 Å². The van der Waals surface area contributed by atoms with E-state index in [4.69, 9.17) is 5.73 Å². The van der Waals surface area contributed by atoms with Crippen LogP contribution >= 0.6 is 0 Å². The lowest BCUT2D eigenvalue weighted by Crippen LogP contribution is -2.58. The van der Waals surface area contributed by atoms with E-state index in [2.05, 4.69) is 16.0 Å². The molecule has 2 aromatic carbocycles. The largest absolute Gasteiger partial charge is 0.508 e. The molecule has 0 aliphatic carbocycles. The Hall–Kier alpha value is -4.45. The Morgan fingerprint density at radius 3 is 1.80 bits per heavy atom. The van der Waals surface area contributed by atoms with Gasteiger partial charge >= 0.3 is 11.9 Å². The summed E-state index contributed by atoms with van der Waals surface area (Å²) in [6.45, 7) is 3.59. The van der Waals surface area contributed by atoms with Crippen LogP contribution in [-0.4, -0.2) is 69.1 Å². The molecule has 0 aromatic heterocycles. The number of rotatable bonds is 15. The predicted octanol–water partition coefficient (Wildman–Crippen LogP) is 0.565. The summed E-state index contributed by atoms with van der Waals surface area (Å²) in [6, 6.07) is 9.57. The summed E-state index contributed by atoms with van der Waals surface area (Å²) in [6.07, 6.45) is -0.570. The van der Waals surface area contributed by atoms with Crippen LogP contribution in [-0.2, 0) is 36.8 Å². The number of aliphatic carboxylic acids is 2. The number of carbonyl (C=O) groups is 5. The number of carbonyl (C=O) groups excluding carboxylic acids is 3. The molecule has 40 heavy (non-hydrogen) atoms. The van der Waals surface area contributed by atoms with Gasteiger partial charge in [-0.15, -0.1) is 0 Å². The van der Waals surface area contributed by atoms with Crippen LogP contribution in [0.25, 0.3) is 0 Å². The first-order chi connectivity index (χ1) is 18.8. The first kappa shape index (κ1) is 31.8. The number of phenols is 1. The van der Waals surface area contributed by atoms with Gasteiger partial charge in [-0.05, 0) is 42.0 Å². The van der Waals surface area contributed by atoms with Crippen molar-refractivity contribution in [3.63, 3.8) is 0 Å². The van der Waals surface area contributed by atoms with Crippen LogP contribution in [0.1, 0.15) is 37.8 Å². The van der Waals surface area contributed by atoms with Gasteiger partial charge in [0.2, 0.25) is 17.7 Å². The second-order valence-corrected chi connectivity index (χ2v) is 9.92. The number of hydrogen-bond acceptors (Lipinski definition) is 7. The van der Waals surface area contributed by atoms with Gasteiger partial charge in [-0.2, -0.15) is 0 Å². The topological polar surface area (TPSA) is 208 Å². The fourth-order valence-corrected chi connectivity index (χ4v) is 3.94. The number of nitrogens with one attached hydrogen (secondary N) is 3. The molecule has 4 atom stereocenters. The zero-order valence-corrected chi connectivity index (χ0v) is 22.4. The highest BCUT2D eigenvalue weighted by molar-refractivity contribution is 5.95. The van der Waals surface area contributed by atoms with Crippen molar-refractivity contribution in [2.24, 2.45) is 11.7 Å². The van der Waals surface area contributed by atoms with Gasteiger partial charge in [0.05, 0.1) is 12.5 Å². The summed E-state index contributed by atoms with van der Waals surface area (Å²) in [5.74, 6) is -5.16. The van der Waals surface area contributed by atoms with E-state index in [1.54, 1.807) is 56.3 Å². The second-order valence-electron chi connectivity index (χ2n) is 9.92. The normalized spacial score (nSPS) is 13.9. The van der Waals surface area contributed by atoms with Crippen molar-refractivity contribution in [2.45, 2.75) is 63.7 Å². The van der Waals surface area contributed by atoms with Crippen LogP contribution in [0.2, 0.25) is 0 Å². The Morgan fingerprint density at radius 2 is 1.25 bits per heavy atom. The number of carboxylic acid groups (broad SMARTS) is 2. The summed E-state index contributed by atoms with van der Waals surface area (Å²) in [5, 5.41) is 35.6. The quantitative estimate of drug-likeness (QED) is 0.163. The molecule has 0 aliphatic heterocycles. The van der Waals surface area contributed by atoms with Gasteiger partial charge in [0.25, 0.3) is 0 Å². The first-order valence-electron chi connectivity index (χ1n) is 12.8. The summed E-state index contributed by atoms with van der Waals surface area (Å²) in [7, 11) is 0. The number of carboxylic acids is 2. The van der Waals surface area contributed by atoms with Crippen LogP contribution in [0, 0.1) is 5.92 Å². The summed E-state index contributed by atoms with van der Waals surface area (Å²) >= 11 is 0. The minimum Gasteiger partial charge on any atom is -0.508 e. The van der Waals surface area contributed by atoms with Crippen LogP contribution in [0.3, 0.4) is 0 Å². The Labute approximate surface area is 232 Å². The van der Waals surface area contributed by atoms with Crippen LogP contribution in [0.15, 0.2) is 54.6 Å². The molecule has 12 nitrogen and oxygen atoms in total. The molecule has 216 valence electrons. The van der Waals surface area contributed by atoms with Crippen LogP contribution < -0.4 is 21.7 Å². The molecule has 12 heteroatoms. The monoisotopic (exact) mass is 556 g/mol. The maximum absolute atomic E-state index is 13.1. The van der Waals surface area contributed by atoms with Crippen LogP contribution in [0.4, 0.5) is 0 Å². The number of amides is 3. The molecule has 0 bridgehead atoms. The lowest BCUT2D eigenvalue weighted by atomic mass is 10.0. The Morgan fingerprint density at radius 1 is 0.725 bits per heavy atom. The molecule has 0 spiro atoms. The van der Waals surface area contributed by atoms with E-state index >= 15 is 0 Å². The molecule has 0 aliphatic rings. The Kier molecular flexibility index (Phi) is 12.1. The fourth-order valence-electron chi connectivity index (χ4n) is 3.94. The minimum absolute atomic E-state index is 0.0148. The van der Waals surface area contributed by atoms with E-state index in [0.717, 1.165) is 0 Å². The van der Waals surface area contributed by atoms with Gasteiger partial charge in [0, 0.05) is 6.42 Å². The Balaban J connectivity index is 2.12. The average Bonchev–Trinajstić information content (AvgIpc) is 2.88. The molecule has 8 N–H and O–H groups in total. The van der Waals surface area contributed by atoms with E-state index in [9.17, 15) is 39.3 Å². The molecule has 0 saturated carbocycles. The standard InChI is InChI=1S/C28H36N4O8/c1-16(2)12-21(26(37)32-23(28(39)40)14-17-6-4-3-5-7-17)31-27(38)22(15-24(34)35)30-25(36)20(29)13-18-8-10-19(33)11-9-18/h3-11,16,20-23,33H,12-15,29H2,1-2H3,(H,30,36)(H,31,38)(H,32,37)(H,34,35)(H,39,40). The van der Waals surface area contributed by atoms with E-state index < -0.39 is 60.2 Å². The molecule has 3 amide bonds. The maximum atomic E-state index is 13.1.